The van der Waals surface area contributed by atoms with Gasteiger partial charge in [0.05, 0.1) is 0 Å². The average Bonchev–Trinajstić information content (AvgIpc) is 2.28. The lowest BCUT2D eigenvalue weighted by Crippen LogP contribution is -2.37. The fourth-order valence-corrected chi connectivity index (χ4v) is 2.07. The van der Waals surface area contributed by atoms with Crippen LogP contribution in [0, 0.1) is 5.92 Å². The highest BCUT2D eigenvalue weighted by Crippen LogP contribution is 2.12. The number of carbonyl (C=O) groups is 1. The SMILES string of the molecule is CC(C)CC(CCl)NC(=O)c1ccc(Br)cc1. The maximum Gasteiger partial charge on any atom is 0.251 e. The van der Waals surface area contributed by atoms with E-state index in [0.29, 0.717) is 17.4 Å². The average molecular weight is 319 g/mol. The Morgan fingerprint density at radius 2 is 1.94 bits per heavy atom. The van der Waals surface area contributed by atoms with E-state index in [-0.39, 0.29) is 11.9 Å². The van der Waals surface area contributed by atoms with Gasteiger partial charge in [-0.2, -0.15) is 0 Å². The second-order valence-corrected chi connectivity index (χ2v) is 5.69. The third-order valence-corrected chi connectivity index (χ3v) is 3.28. The molecule has 94 valence electrons. The fourth-order valence-electron chi connectivity index (χ4n) is 1.60. The Hall–Kier alpha value is -0.540. The first-order chi connectivity index (χ1) is 8.02. The molecule has 1 amide bonds. The molecule has 1 aromatic rings. The van der Waals surface area contributed by atoms with Gasteiger partial charge >= 0.3 is 0 Å². The van der Waals surface area contributed by atoms with E-state index < -0.39 is 0 Å². The number of nitrogens with one attached hydrogen (secondary N) is 1. The molecule has 1 N–H and O–H groups in total. The van der Waals surface area contributed by atoms with Crippen molar-refractivity contribution >= 4 is 33.4 Å². The number of amides is 1. The molecule has 0 heterocycles. The third kappa shape index (κ3) is 5.09. The molecule has 0 aliphatic rings. The molecule has 2 nitrogen and oxygen atoms in total. The van der Waals surface area contributed by atoms with Gasteiger partial charge in [0.1, 0.15) is 0 Å². The second-order valence-electron chi connectivity index (χ2n) is 4.46. The summed E-state index contributed by atoms with van der Waals surface area (Å²) in [5, 5.41) is 2.95. The molecule has 0 aromatic heterocycles. The van der Waals surface area contributed by atoms with E-state index in [1.54, 1.807) is 12.1 Å². The van der Waals surface area contributed by atoms with E-state index >= 15 is 0 Å². The van der Waals surface area contributed by atoms with Crippen LogP contribution in [0.4, 0.5) is 0 Å². The third-order valence-electron chi connectivity index (χ3n) is 2.38. The van der Waals surface area contributed by atoms with Crippen LogP contribution in [0.15, 0.2) is 28.7 Å². The number of carbonyl (C=O) groups excluding carboxylic acids is 1. The lowest BCUT2D eigenvalue weighted by atomic mass is 10.0. The molecule has 0 bridgehead atoms. The summed E-state index contributed by atoms with van der Waals surface area (Å²) < 4.78 is 0.963. The van der Waals surface area contributed by atoms with E-state index in [1.807, 2.05) is 12.1 Å². The summed E-state index contributed by atoms with van der Waals surface area (Å²) in [5.41, 5.74) is 0.659. The molecule has 0 fully saturated rings. The van der Waals surface area contributed by atoms with Crippen molar-refractivity contribution in [2.24, 2.45) is 5.92 Å². The predicted molar refractivity (Wildman–Crippen MR) is 75.6 cm³/mol. The van der Waals surface area contributed by atoms with E-state index in [1.165, 1.54) is 0 Å². The molecule has 4 heteroatoms. The highest BCUT2D eigenvalue weighted by atomic mass is 79.9. The van der Waals surface area contributed by atoms with Crippen molar-refractivity contribution in [3.05, 3.63) is 34.3 Å². The summed E-state index contributed by atoms with van der Waals surface area (Å²) in [4.78, 5) is 11.9. The van der Waals surface area contributed by atoms with Gasteiger partial charge in [0, 0.05) is 22.0 Å². The van der Waals surface area contributed by atoms with Gasteiger partial charge in [-0.15, -0.1) is 11.6 Å². The summed E-state index contributed by atoms with van der Waals surface area (Å²) in [6, 6.07) is 7.33. The van der Waals surface area contributed by atoms with Crippen molar-refractivity contribution in [2.45, 2.75) is 26.3 Å². The summed E-state index contributed by atoms with van der Waals surface area (Å²) in [6.45, 7) is 4.23. The highest BCUT2D eigenvalue weighted by molar-refractivity contribution is 9.10. The summed E-state index contributed by atoms with van der Waals surface area (Å²) in [5.74, 6) is 0.897. The van der Waals surface area contributed by atoms with Crippen molar-refractivity contribution in [1.82, 2.24) is 5.32 Å². The lowest BCUT2D eigenvalue weighted by Gasteiger charge is -2.18. The standard InChI is InChI=1S/C13H17BrClNO/c1-9(2)7-12(8-15)16-13(17)10-3-5-11(14)6-4-10/h3-6,9,12H,7-8H2,1-2H3,(H,16,17). The number of halogens is 2. The van der Waals surface area contributed by atoms with Gasteiger partial charge < -0.3 is 5.32 Å². The minimum Gasteiger partial charge on any atom is -0.348 e. The Labute approximate surface area is 116 Å². The Morgan fingerprint density at radius 1 is 1.35 bits per heavy atom. The molecular weight excluding hydrogens is 302 g/mol. The number of rotatable bonds is 5. The zero-order valence-electron chi connectivity index (χ0n) is 10.0. The van der Waals surface area contributed by atoms with Crippen LogP contribution in [0.1, 0.15) is 30.6 Å². The first kappa shape index (κ1) is 14.5. The van der Waals surface area contributed by atoms with E-state index in [0.717, 1.165) is 10.9 Å². The minimum absolute atomic E-state index is 0.0350. The normalized spacial score (nSPS) is 12.5. The van der Waals surface area contributed by atoms with Gasteiger partial charge in [-0.1, -0.05) is 29.8 Å². The topological polar surface area (TPSA) is 29.1 Å². The molecule has 0 spiro atoms. The van der Waals surface area contributed by atoms with Crippen LogP contribution >= 0.6 is 27.5 Å². The Kier molecular flexibility index (Phi) is 6.00. The van der Waals surface area contributed by atoms with Crippen LogP contribution in [0.5, 0.6) is 0 Å². The molecular formula is C13H17BrClNO. The monoisotopic (exact) mass is 317 g/mol. The predicted octanol–water partition coefficient (Wildman–Crippen LogP) is 3.83. The molecule has 1 rings (SSSR count). The zero-order valence-corrected chi connectivity index (χ0v) is 12.4. The van der Waals surface area contributed by atoms with Crippen molar-refractivity contribution in [2.75, 3.05) is 5.88 Å². The van der Waals surface area contributed by atoms with Gasteiger partial charge in [-0.25, -0.2) is 0 Å². The molecule has 0 aliphatic heterocycles. The zero-order chi connectivity index (χ0) is 12.8. The summed E-state index contributed by atoms with van der Waals surface area (Å²) in [6.07, 6.45) is 0.895. The first-order valence-corrected chi connectivity index (χ1v) is 6.98. The molecule has 1 unspecified atom stereocenters. The summed E-state index contributed by atoms with van der Waals surface area (Å²) in [7, 11) is 0. The molecule has 0 saturated heterocycles. The van der Waals surface area contributed by atoms with Crippen LogP contribution in [0.25, 0.3) is 0 Å². The summed E-state index contributed by atoms with van der Waals surface area (Å²) >= 11 is 9.19. The van der Waals surface area contributed by atoms with Crippen molar-refractivity contribution in [1.29, 1.82) is 0 Å². The smallest absolute Gasteiger partial charge is 0.251 e. The Bertz CT molecular complexity index is 364. The van der Waals surface area contributed by atoms with Gasteiger partial charge in [0.15, 0.2) is 0 Å². The van der Waals surface area contributed by atoms with Crippen molar-refractivity contribution < 1.29 is 4.79 Å². The van der Waals surface area contributed by atoms with Gasteiger partial charge in [0.2, 0.25) is 0 Å². The molecule has 17 heavy (non-hydrogen) atoms. The van der Waals surface area contributed by atoms with Gasteiger partial charge in [0.25, 0.3) is 5.91 Å². The van der Waals surface area contributed by atoms with Crippen LogP contribution in [-0.2, 0) is 0 Å². The molecule has 0 aliphatic carbocycles. The van der Waals surface area contributed by atoms with Crippen LogP contribution in [-0.4, -0.2) is 17.8 Å². The van der Waals surface area contributed by atoms with Crippen LogP contribution < -0.4 is 5.32 Å². The lowest BCUT2D eigenvalue weighted by molar-refractivity contribution is 0.0936. The Balaban J connectivity index is 2.61. The van der Waals surface area contributed by atoms with Gasteiger partial charge in [-0.3, -0.25) is 4.79 Å². The highest BCUT2D eigenvalue weighted by Gasteiger charge is 2.14. The van der Waals surface area contributed by atoms with E-state index in [9.17, 15) is 4.79 Å². The largest absolute Gasteiger partial charge is 0.348 e. The quantitative estimate of drug-likeness (QED) is 0.821. The van der Waals surface area contributed by atoms with Crippen molar-refractivity contribution in [3.63, 3.8) is 0 Å². The van der Waals surface area contributed by atoms with Crippen LogP contribution in [0.2, 0.25) is 0 Å². The van der Waals surface area contributed by atoms with E-state index in [2.05, 4.69) is 35.1 Å². The molecule has 0 radical (unpaired) electrons. The van der Waals surface area contributed by atoms with Gasteiger partial charge in [-0.05, 0) is 36.6 Å². The van der Waals surface area contributed by atoms with E-state index in [4.69, 9.17) is 11.6 Å². The number of hydrogen-bond donors (Lipinski definition) is 1. The fraction of sp³-hybridized carbons (Fsp3) is 0.462. The maximum atomic E-state index is 11.9. The first-order valence-electron chi connectivity index (χ1n) is 5.65. The Morgan fingerprint density at radius 3 is 2.41 bits per heavy atom. The minimum atomic E-state index is -0.0659. The number of alkyl halides is 1. The second kappa shape index (κ2) is 7.02. The number of benzene rings is 1. The van der Waals surface area contributed by atoms with Crippen LogP contribution in [0.3, 0.4) is 0 Å². The maximum absolute atomic E-state index is 11.9. The van der Waals surface area contributed by atoms with Crippen molar-refractivity contribution in [3.8, 4) is 0 Å². The molecule has 1 atom stereocenters. The number of hydrogen-bond acceptors (Lipinski definition) is 1. The molecule has 1 aromatic carbocycles. The molecule has 0 saturated carbocycles.